The quantitative estimate of drug-likeness (QED) is 0.739. The second-order valence-corrected chi connectivity index (χ2v) is 3.90. The van der Waals surface area contributed by atoms with E-state index in [1.54, 1.807) is 6.20 Å². The van der Waals surface area contributed by atoms with Crippen molar-refractivity contribution in [2.45, 2.75) is 6.42 Å². The SMILES string of the molecule is Nc1ccc2c(N3CCCO3)ccnc2c1. The Bertz CT molecular complexity index is 521. The zero-order valence-electron chi connectivity index (χ0n) is 8.89. The van der Waals surface area contributed by atoms with Crippen molar-refractivity contribution in [3.05, 3.63) is 30.5 Å². The Morgan fingerprint density at radius 1 is 1.31 bits per heavy atom. The number of pyridine rings is 1. The zero-order valence-corrected chi connectivity index (χ0v) is 8.89. The average Bonchev–Trinajstić information content (AvgIpc) is 2.81. The maximum absolute atomic E-state index is 5.74. The van der Waals surface area contributed by atoms with Crippen LogP contribution in [0.25, 0.3) is 10.9 Å². The van der Waals surface area contributed by atoms with E-state index in [2.05, 4.69) is 4.98 Å². The van der Waals surface area contributed by atoms with Crippen molar-refractivity contribution in [1.82, 2.24) is 4.98 Å². The lowest BCUT2D eigenvalue weighted by atomic mass is 10.1. The van der Waals surface area contributed by atoms with E-state index < -0.39 is 0 Å². The van der Waals surface area contributed by atoms with E-state index in [9.17, 15) is 0 Å². The molecule has 0 atom stereocenters. The number of anilines is 2. The van der Waals surface area contributed by atoms with Gasteiger partial charge in [0.2, 0.25) is 0 Å². The lowest BCUT2D eigenvalue weighted by Crippen LogP contribution is -2.16. The zero-order chi connectivity index (χ0) is 11.0. The Hall–Kier alpha value is -1.81. The largest absolute Gasteiger partial charge is 0.399 e. The minimum atomic E-state index is 0.736. The predicted molar refractivity (Wildman–Crippen MR) is 64.1 cm³/mol. The van der Waals surface area contributed by atoms with Crippen LogP contribution in [0.2, 0.25) is 0 Å². The van der Waals surface area contributed by atoms with Crippen molar-refractivity contribution >= 4 is 22.3 Å². The van der Waals surface area contributed by atoms with Crippen LogP contribution in [0, 0.1) is 0 Å². The summed E-state index contributed by atoms with van der Waals surface area (Å²) in [5.74, 6) is 0. The first-order valence-corrected chi connectivity index (χ1v) is 5.39. The van der Waals surface area contributed by atoms with Crippen LogP contribution >= 0.6 is 0 Å². The summed E-state index contributed by atoms with van der Waals surface area (Å²) in [5, 5.41) is 3.01. The fourth-order valence-electron chi connectivity index (χ4n) is 2.00. The first-order valence-electron chi connectivity index (χ1n) is 5.39. The molecule has 1 aromatic heterocycles. The summed E-state index contributed by atoms with van der Waals surface area (Å²) in [6, 6.07) is 7.75. The van der Waals surface area contributed by atoms with E-state index in [4.69, 9.17) is 10.6 Å². The highest BCUT2D eigenvalue weighted by Gasteiger charge is 2.15. The summed E-state index contributed by atoms with van der Waals surface area (Å²) >= 11 is 0. The van der Waals surface area contributed by atoms with E-state index in [0.29, 0.717) is 0 Å². The highest BCUT2D eigenvalue weighted by atomic mass is 16.7. The summed E-state index contributed by atoms with van der Waals surface area (Å²) in [6.45, 7) is 1.72. The van der Waals surface area contributed by atoms with Gasteiger partial charge in [0.15, 0.2) is 0 Å². The summed E-state index contributed by atoms with van der Waals surface area (Å²) < 4.78 is 0. The van der Waals surface area contributed by atoms with Crippen molar-refractivity contribution in [2.75, 3.05) is 23.9 Å². The molecule has 82 valence electrons. The van der Waals surface area contributed by atoms with E-state index in [0.717, 1.165) is 41.9 Å². The van der Waals surface area contributed by atoms with Gasteiger partial charge in [0, 0.05) is 23.8 Å². The molecule has 4 nitrogen and oxygen atoms in total. The minimum Gasteiger partial charge on any atom is -0.399 e. The number of fused-ring (bicyclic) bond motifs is 1. The molecule has 0 unspecified atom stereocenters. The molecule has 0 aliphatic carbocycles. The highest BCUT2D eigenvalue weighted by Crippen LogP contribution is 2.28. The molecule has 1 aromatic carbocycles. The molecule has 1 fully saturated rings. The molecule has 2 aromatic rings. The lowest BCUT2D eigenvalue weighted by Gasteiger charge is -2.17. The molecule has 4 heteroatoms. The van der Waals surface area contributed by atoms with E-state index >= 15 is 0 Å². The Morgan fingerprint density at radius 2 is 2.25 bits per heavy atom. The van der Waals surface area contributed by atoms with Crippen LogP contribution in [-0.4, -0.2) is 18.1 Å². The monoisotopic (exact) mass is 215 g/mol. The molecule has 0 saturated carbocycles. The van der Waals surface area contributed by atoms with E-state index in [1.807, 2.05) is 29.3 Å². The van der Waals surface area contributed by atoms with Gasteiger partial charge < -0.3 is 5.73 Å². The summed E-state index contributed by atoms with van der Waals surface area (Å²) in [4.78, 5) is 9.86. The smallest absolute Gasteiger partial charge is 0.0766 e. The van der Waals surface area contributed by atoms with Crippen molar-refractivity contribution in [1.29, 1.82) is 0 Å². The minimum absolute atomic E-state index is 0.736. The molecule has 0 spiro atoms. The maximum Gasteiger partial charge on any atom is 0.0766 e. The lowest BCUT2D eigenvalue weighted by molar-refractivity contribution is 0.169. The van der Waals surface area contributed by atoms with Gasteiger partial charge in [0.25, 0.3) is 0 Å². The summed E-state index contributed by atoms with van der Waals surface area (Å²) in [5.41, 5.74) is 8.46. The molecule has 1 aliphatic rings. The van der Waals surface area contributed by atoms with Crippen LogP contribution < -0.4 is 10.8 Å². The average molecular weight is 215 g/mol. The van der Waals surface area contributed by atoms with Gasteiger partial charge in [-0.2, -0.15) is 0 Å². The molecule has 2 N–H and O–H groups in total. The van der Waals surface area contributed by atoms with Crippen LogP contribution in [0.15, 0.2) is 30.5 Å². The first kappa shape index (κ1) is 9.42. The standard InChI is InChI=1S/C12H13N3O/c13-9-2-3-10-11(8-9)14-5-4-12(10)15-6-1-7-16-15/h2-5,8H,1,6-7,13H2. The number of hydrogen-bond acceptors (Lipinski definition) is 4. The number of nitrogen functional groups attached to an aromatic ring is 1. The molecular weight excluding hydrogens is 202 g/mol. The van der Waals surface area contributed by atoms with Crippen molar-refractivity contribution in [2.24, 2.45) is 0 Å². The fourth-order valence-corrected chi connectivity index (χ4v) is 2.00. The van der Waals surface area contributed by atoms with Gasteiger partial charge in [-0.3, -0.25) is 14.9 Å². The number of benzene rings is 1. The normalized spacial score (nSPS) is 15.9. The van der Waals surface area contributed by atoms with Crippen molar-refractivity contribution < 1.29 is 4.84 Å². The van der Waals surface area contributed by atoms with Gasteiger partial charge >= 0.3 is 0 Å². The van der Waals surface area contributed by atoms with Crippen LogP contribution in [0.4, 0.5) is 11.4 Å². The van der Waals surface area contributed by atoms with Gasteiger partial charge in [0.1, 0.15) is 0 Å². The van der Waals surface area contributed by atoms with Crippen molar-refractivity contribution in [3.8, 4) is 0 Å². The van der Waals surface area contributed by atoms with Crippen LogP contribution in [0.1, 0.15) is 6.42 Å². The fraction of sp³-hybridized carbons (Fsp3) is 0.250. The number of hydrogen-bond donors (Lipinski definition) is 1. The molecule has 1 saturated heterocycles. The Labute approximate surface area is 93.6 Å². The second-order valence-electron chi connectivity index (χ2n) is 3.90. The van der Waals surface area contributed by atoms with E-state index in [-0.39, 0.29) is 0 Å². The Balaban J connectivity index is 2.16. The maximum atomic E-state index is 5.74. The summed E-state index contributed by atoms with van der Waals surface area (Å²) in [7, 11) is 0. The Kier molecular flexibility index (Phi) is 2.15. The number of nitrogens with two attached hydrogens (primary N) is 1. The molecule has 3 rings (SSSR count). The van der Waals surface area contributed by atoms with Crippen LogP contribution in [0.3, 0.4) is 0 Å². The number of nitrogens with zero attached hydrogens (tertiary/aromatic N) is 2. The number of rotatable bonds is 1. The number of hydroxylamine groups is 1. The highest BCUT2D eigenvalue weighted by molar-refractivity contribution is 5.92. The molecule has 16 heavy (non-hydrogen) atoms. The third-order valence-electron chi connectivity index (χ3n) is 2.77. The van der Waals surface area contributed by atoms with E-state index in [1.165, 1.54) is 0 Å². The third kappa shape index (κ3) is 1.47. The van der Waals surface area contributed by atoms with Gasteiger partial charge in [0.05, 0.1) is 17.8 Å². The first-order chi connectivity index (χ1) is 7.84. The van der Waals surface area contributed by atoms with Gasteiger partial charge in [-0.05, 0) is 30.7 Å². The van der Waals surface area contributed by atoms with Gasteiger partial charge in [-0.15, -0.1) is 0 Å². The molecule has 0 bridgehead atoms. The Morgan fingerprint density at radius 3 is 3.06 bits per heavy atom. The topological polar surface area (TPSA) is 51.4 Å². The van der Waals surface area contributed by atoms with Gasteiger partial charge in [-0.1, -0.05) is 0 Å². The number of aromatic nitrogens is 1. The predicted octanol–water partition coefficient (Wildman–Crippen LogP) is 1.96. The van der Waals surface area contributed by atoms with Crippen LogP contribution in [-0.2, 0) is 4.84 Å². The van der Waals surface area contributed by atoms with Crippen LogP contribution in [0.5, 0.6) is 0 Å². The second kappa shape index (κ2) is 3.64. The molecule has 0 radical (unpaired) electrons. The molecule has 1 aliphatic heterocycles. The molecular formula is C12H13N3O. The molecule has 0 amide bonds. The van der Waals surface area contributed by atoms with Crippen molar-refractivity contribution in [3.63, 3.8) is 0 Å². The third-order valence-corrected chi connectivity index (χ3v) is 2.77. The molecule has 2 heterocycles. The van der Waals surface area contributed by atoms with Gasteiger partial charge in [-0.25, -0.2) is 0 Å². The summed E-state index contributed by atoms with van der Waals surface area (Å²) in [6.07, 6.45) is 2.86.